The van der Waals surface area contributed by atoms with E-state index in [1.165, 1.54) is 89.5 Å². The third kappa shape index (κ3) is 11.2. The molecule has 0 bridgehead atoms. The van der Waals surface area contributed by atoms with Crippen LogP contribution in [0.5, 0.6) is 0 Å². The number of nitrogens with zero attached hydrogens (tertiary/aromatic N) is 2. The van der Waals surface area contributed by atoms with Gasteiger partial charge in [0.1, 0.15) is 0 Å². The van der Waals surface area contributed by atoms with E-state index in [0.29, 0.717) is 6.42 Å². The highest BCUT2D eigenvalue weighted by molar-refractivity contribution is 5.75. The average Bonchev–Trinajstić information content (AvgIpc) is 2.82. The molecule has 4 nitrogen and oxygen atoms in total. The molecule has 1 saturated heterocycles. The van der Waals surface area contributed by atoms with Crippen molar-refractivity contribution < 1.29 is 4.79 Å². The zero-order valence-electron chi connectivity index (χ0n) is 20.3. The van der Waals surface area contributed by atoms with Crippen LogP contribution in [0.1, 0.15) is 89.5 Å². The maximum absolute atomic E-state index is 11.4. The number of likely N-dealkylation sites (tertiary alicyclic amines) is 1. The van der Waals surface area contributed by atoms with E-state index in [1.807, 2.05) is 6.92 Å². The summed E-state index contributed by atoms with van der Waals surface area (Å²) in [6.07, 6.45) is 12.4. The van der Waals surface area contributed by atoms with Crippen LogP contribution in [0.2, 0.25) is 0 Å². The van der Waals surface area contributed by atoms with E-state index in [1.54, 1.807) is 0 Å². The van der Waals surface area contributed by atoms with Gasteiger partial charge in [0.25, 0.3) is 0 Å². The van der Waals surface area contributed by atoms with E-state index in [0.717, 1.165) is 25.6 Å². The first-order valence-corrected chi connectivity index (χ1v) is 13.0. The summed E-state index contributed by atoms with van der Waals surface area (Å²) in [4.78, 5) is 16.6. The summed E-state index contributed by atoms with van der Waals surface area (Å²) < 4.78 is 0. The Hall–Kier alpha value is -1.39. The van der Waals surface area contributed by atoms with Crippen LogP contribution >= 0.6 is 0 Å². The minimum absolute atomic E-state index is 0.166. The summed E-state index contributed by atoms with van der Waals surface area (Å²) >= 11 is 0. The van der Waals surface area contributed by atoms with Crippen LogP contribution in [-0.2, 0) is 4.79 Å². The third-order valence-electron chi connectivity index (χ3n) is 6.71. The summed E-state index contributed by atoms with van der Waals surface area (Å²) in [7, 11) is 0. The first-order chi connectivity index (χ1) is 15.2. The molecule has 1 fully saturated rings. The van der Waals surface area contributed by atoms with E-state index in [4.69, 9.17) is 0 Å². The Bertz CT molecular complexity index is 569. The standard InChI is InChI=1S/C27H47N3O/c1-3-5-19-29(24-18-28-27(31)4-2)20-12-7-6-8-13-21-30-22-16-26(17-23-30)25-14-10-9-11-15-25/h9-11,14-15,26H,3-8,12-13,16-24H2,1-2H3,(H,28,31). The molecule has 0 atom stereocenters. The number of unbranched alkanes of at least 4 members (excludes halogenated alkanes) is 5. The fourth-order valence-corrected chi connectivity index (χ4v) is 4.61. The van der Waals surface area contributed by atoms with Crippen LogP contribution in [0, 0.1) is 0 Å². The number of hydrogen-bond acceptors (Lipinski definition) is 3. The lowest BCUT2D eigenvalue weighted by Crippen LogP contribution is -2.35. The average molecular weight is 430 g/mol. The molecule has 1 amide bonds. The monoisotopic (exact) mass is 429 g/mol. The van der Waals surface area contributed by atoms with Crippen molar-refractivity contribution in [2.75, 3.05) is 45.8 Å². The molecule has 1 aliphatic heterocycles. The second kappa shape index (κ2) is 16.3. The maximum Gasteiger partial charge on any atom is 0.219 e. The van der Waals surface area contributed by atoms with Crippen LogP contribution in [0.4, 0.5) is 0 Å². The summed E-state index contributed by atoms with van der Waals surface area (Å²) in [5.74, 6) is 0.933. The lowest BCUT2D eigenvalue weighted by Gasteiger charge is -2.32. The Kier molecular flexibility index (Phi) is 13.6. The van der Waals surface area contributed by atoms with Gasteiger partial charge in [0.15, 0.2) is 0 Å². The maximum atomic E-state index is 11.4. The van der Waals surface area contributed by atoms with Crippen molar-refractivity contribution in [3.63, 3.8) is 0 Å². The van der Waals surface area contributed by atoms with E-state index in [2.05, 4.69) is 52.4 Å². The number of piperidine rings is 1. The number of nitrogens with one attached hydrogen (secondary N) is 1. The highest BCUT2D eigenvalue weighted by atomic mass is 16.1. The van der Waals surface area contributed by atoms with Crippen molar-refractivity contribution in [1.82, 2.24) is 15.1 Å². The van der Waals surface area contributed by atoms with Crippen LogP contribution in [0.3, 0.4) is 0 Å². The van der Waals surface area contributed by atoms with Gasteiger partial charge in [-0.1, -0.05) is 69.9 Å². The number of rotatable bonds is 16. The topological polar surface area (TPSA) is 35.6 Å². The highest BCUT2D eigenvalue weighted by Gasteiger charge is 2.19. The number of carbonyl (C=O) groups is 1. The van der Waals surface area contributed by atoms with Gasteiger partial charge in [-0.15, -0.1) is 0 Å². The number of benzene rings is 1. The quantitative estimate of drug-likeness (QED) is 0.355. The van der Waals surface area contributed by atoms with Crippen LogP contribution in [0.25, 0.3) is 0 Å². The molecule has 0 saturated carbocycles. The molecule has 1 aromatic rings. The summed E-state index contributed by atoms with van der Waals surface area (Å²) in [6.45, 7) is 12.1. The molecule has 4 heteroatoms. The van der Waals surface area contributed by atoms with Gasteiger partial charge in [0.05, 0.1) is 0 Å². The van der Waals surface area contributed by atoms with Crippen LogP contribution < -0.4 is 5.32 Å². The van der Waals surface area contributed by atoms with Gasteiger partial charge >= 0.3 is 0 Å². The van der Waals surface area contributed by atoms with Crippen LogP contribution in [0.15, 0.2) is 30.3 Å². The van der Waals surface area contributed by atoms with E-state index < -0.39 is 0 Å². The first kappa shape index (κ1) is 25.9. The van der Waals surface area contributed by atoms with Gasteiger partial charge in [-0.2, -0.15) is 0 Å². The van der Waals surface area contributed by atoms with Crippen molar-refractivity contribution in [3.8, 4) is 0 Å². The number of amides is 1. The molecule has 31 heavy (non-hydrogen) atoms. The zero-order chi connectivity index (χ0) is 22.2. The summed E-state index contributed by atoms with van der Waals surface area (Å²) in [5, 5.41) is 3.02. The highest BCUT2D eigenvalue weighted by Crippen LogP contribution is 2.27. The summed E-state index contributed by atoms with van der Waals surface area (Å²) in [6, 6.07) is 11.1. The van der Waals surface area contributed by atoms with Gasteiger partial charge in [-0.05, 0) is 76.3 Å². The SMILES string of the molecule is CCCCN(CCCCCCCN1CCC(c2ccccc2)CC1)CCNC(=O)CC. The zero-order valence-corrected chi connectivity index (χ0v) is 20.3. The molecule has 1 aromatic carbocycles. The van der Waals surface area contributed by atoms with Gasteiger partial charge in [0.2, 0.25) is 5.91 Å². The van der Waals surface area contributed by atoms with Gasteiger partial charge in [0, 0.05) is 19.5 Å². The molecular weight excluding hydrogens is 382 g/mol. The molecule has 2 rings (SSSR count). The second-order valence-corrected chi connectivity index (χ2v) is 9.19. The Morgan fingerprint density at radius 3 is 2.32 bits per heavy atom. The van der Waals surface area contributed by atoms with E-state index in [9.17, 15) is 4.79 Å². The Morgan fingerprint density at radius 2 is 1.61 bits per heavy atom. The van der Waals surface area contributed by atoms with Crippen molar-refractivity contribution in [1.29, 1.82) is 0 Å². The molecule has 1 N–H and O–H groups in total. The summed E-state index contributed by atoms with van der Waals surface area (Å²) in [5.41, 5.74) is 1.53. The largest absolute Gasteiger partial charge is 0.355 e. The fraction of sp³-hybridized carbons (Fsp3) is 0.741. The fourth-order valence-electron chi connectivity index (χ4n) is 4.61. The lowest BCUT2D eigenvalue weighted by molar-refractivity contribution is -0.120. The predicted octanol–water partition coefficient (Wildman–Crippen LogP) is 5.44. The second-order valence-electron chi connectivity index (χ2n) is 9.19. The molecule has 0 spiro atoms. The molecule has 0 aromatic heterocycles. The van der Waals surface area contributed by atoms with Crippen molar-refractivity contribution in [3.05, 3.63) is 35.9 Å². The van der Waals surface area contributed by atoms with Gasteiger partial charge in [-0.3, -0.25) is 4.79 Å². The molecule has 0 radical (unpaired) electrons. The first-order valence-electron chi connectivity index (χ1n) is 13.0. The molecule has 1 aliphatic rings. The Morgan fingerprint density at radius 1 is 0.935 bits per heavy atom. The lowest BCUT2D eigenvalue weighted by atomic mass is 9.89. The third-order valence-corrected chi connectivity index (χ3v) is 6.71. The van der Waals surface area contributed by atoms with Crippen molar-refractivity contribution >= 4 is 5.91 Å². The minimum Gasteiger partial charge on any atom is -0.355 e. The molecule has 176 valence electrons. The van der Waals surface area contributed by atoms with Crippen molar-refractivity contribution in [2.45, 2.75) is 84.0 Å². The van der Waals surface area contributed by atoms with E-state index in [-0.39, 0.29) is 5.91 Å². The van der Waals surface area contributed by atoms with Crippen LogP contribution in [-0.4, -0.2) is 61.5 Å². The van der Waals surface area contributed by atoms with Gasteiger partial charge in [-0.25, -0.2) is 0 Å². The minimum atomic E-state index is 0.166. The molecule has 0 aliphatic carbocycles. The van der Waals surface area contributed by atoms with Gasteiger partial charge < -0.3 is 15.1 Å². The predicted molar refractivity (Wildman–Crippen MR) is 133 cm³/mol. The van der Waals surface area contributed by atoms with Crippen molar-refractivity contribution in [2.24, 2.45) is 0 Å². The number of hydrogen-bond donors (Lipinski definition) is 1. The smallest absolute Gasteiger partial charge is 0.219 e. The normalized spacial score (nSPS) is 15.5. The Labute approximate surface area is 191 Å². The Balaban J connectivity index is 1.48. The van der Waals surface area contributed by atoms with E-state index >= 15 is 0 Å². The molecule has 1 heterocycles. The molecule has 0 unspecified atom stereocenters. The molecular formula is C27H47N3O. The number of carbonyl (C=O) groups excluding carboxylic acids is 1.